The second-order valence-electron chi connectivity index (χ2n) is 5.67. The van der Waals surface area contributed by atoms with E-state index in [0.717, 1.165) is 25.7 Å². The van der Waals surface area contributed by atoms with E-state index in [1.165, 1.54) is 22.5 Å². The fourth-order valence-electron chi connectivity index (χ4n) is 2.79. The van der Waals surface area contributed by atoms with Crippen LogP contribution in [0.25, 0.3) is 0 Å². The van der Waals surface area contributed by atoms with Gasteiger partial charge in [-0.1, -0.05) is 19.8 Å². The number of sulfonamides is 1. The van der Waals surface area contributed by atoms with E-state index in [-0.39, 0.29) is 22.4 Å². The summed E-state index contributed by atoms with van der Waals surface area (Å²) in [5.74, 6) is 0.453. The maximum absolute atomic E-state index is 12.6. The minimum Gasteiger partial charge on any atom is -0.506 e. The number of phenols is 1. The smallest absolute Gasteiger partial charge is 0.243 e. The van der Waals surface area contributed by atoms with Crippen molar-refractivity contribution >= 4 is 15.7 Å². The molecule has 0 aliphatic heterocycles. The molecule has 1 saturated carbocycles. The molecule has 3 N–H and O–H groups in total. The van der Waals surface area contributed by atoms with Crippen molar-refractivity contribution in [3.63, 3.8) is 0 Å². The van der Waals surface area contributed by atoms with Crippen molar-refractivity contribution in [2.45, 2.75) is 43.5 Å². The molecule has 1 aromatic rings. The van der Waals surface area contributed by atoms with Gasteiger partial charge in [-0.3, -0.25) is 0 Å². The Labute approximate surface area is 120 Å². The molecule has 20 heavy (non-hydrogen) atoms. The summed E-state index contributed by atoms with van der Waals surface area (Å²) in [5, 5.41) is 9.40. The molecule has 2 rings (SSSR count). The number of nitrogens with two attached hydrogens (primary N) is 1. The van der Waals surface area contributed by atoms with E-state index in [4.69, 9.17) is 5.73 Å². The summed E-state index contributed by atoms with van der Waals surface area (Å²) < 4.78 is 26.6. The fraction of sp³-hybridized carbons (Fsp3) is 0.571. The summed E-state index contributed by atoms with van der Waals surface area (Å²) in [6.45, 7) is 2.16. The van der Waals surface area contributed by atoms with Crippen molar-refractivity contribution in [3.8, 4) is 5.75 Å². The van der Waals surface area contributed by atoms with Crippen LogP contribution in [0.4, 0.5) is 5.69 Å². The van der Waals surface area contributed by atoms with Gasteiger partial charge in [-0.15, -0.1) is 0 Å². The Hall–Kier alpha value is -1.27. The number of anilines is 1. The van der Waals surface area contributed by atoms with Crippen molar-refractivity contribution in [2.24, 2.45) is 5.92 Å². The van der Waals surface area contributed by atoms with Crippen LogP contribution in [0.15, 0.2) is 23.1 Å². The number of hydrogen-bond acceptors (Lipinski definition) is 4. The molecule has 0 spiro atoms. The molecule has 5 nitrogen and oxygen atoms in total. The minimum atomic E-state index is -3.56. The van der Waals surface area contributed by atoms with Gasteiger partial charge >= 0.3 is 0 Å². The third-order valence-electron chi connectivity index (χ3n) is 4.10. The Morgan fingerprint density at radius 2 is 2.05 bits per heavy atom. The maximum Gasteiger partial charge on any atom is 0.243 e. The molecular formula is C14H22N2O3S. The van der Waals surface area contributed by atoms with Gasteiger partial charge in [0.15, 0.2) is 0 Å². The summed E-state index contributed by atoms with van der Waals surface area (Å²) in [6.07, 6.45) is 4.01. The van der Waals surface area contributed by atoms with Crippen LogP contribution in [0.5, 0.6) is 5.75 Å². The van der Waals surface area contributed by atoms with Gasteiger partial charge in [0.25, 0.3) is 0 Å². The molecule has 2 unspecified atom stereocenters. The number of nitrogens with zero attached hydrogens (tertiary/aromatic N) is 1. The predicted molar refractivity (Wildman–Crippen MR) is 78.9 cm³/mol. The SMILES string of the molecule is CC1CCCC(N(C)S(=O)(=O)c2ccc(O)c(N)c2)C1. The molecule has 0 radical (unpaired) electrons. The monoisotopic (exact) mass is 298 g/mol. The number of benzene rings is 1. The highest BCUT2D eigenvalue weighted by atomic mass is 32.2. The summed E-state index contributed by atoms with van der Waals surface area (Å²) in [6, 6.07) is 4.07. The highest BCUT2D eigenvalue weighted by Crippen LogP contribution is 2.31. The van der Waals surface area contributed by atoms with Gasteiger partial charge in [-0.25, -0.2) is 8.42 Å². The van der Waals surface area contributed by atoms with E-state index in [0.29, 0.717) is 5.92 Å². The third kappa shape index (κ3) is 2.91. The van der Waals surface area contributed by atoms with Crippen molar-refractivity contribution in [1.29, 1.82) is 0 Å². The van der Waals surface area contributed by atoms with Gasteiger partial charge in [0.1, 0.15) is 5.75 Å². The maximum atomic E-state index is 12.6. The van der Waals surface area contributed by atoms with Crippen LogP contribution in [0.2, 0.25) is 0 Å². The standard InChI is InChI=1S/C14H22N2O3S/c1-10-4-3-5-11(8-10)16(2)20(18,19)12-6-7-14(17)13(15)9-12/h6-7,9-11,17H,3-5,8,15H2,1-2H3. The second kappa shape index (κ2) is 5.61. The molecule has 0 amide bonds. The highest BCUT2D eigenvalue weighted by Gasteiger charge is 2.31. The van der Waals surface area contributed by atoms with Crippen LogP contribution in [-0.2, 0) is 10.0 Å². The van der Waals surface area contributed by atoms with Crippen LogP contribution in [0.3, 0.4) is 0 Å². The molecule has 6 heteroatoms. The molecule has 0 bridgehead atoms. The Balaban J connectivity index is 2.26. The topological polar surface area (TPSA) is 83.6 Å². The van der Waals surface area contributed by atoms with Crippen molar-refractivity contribution < 1.29 is 13.5 Å². The lowest BCUT2D eigenvalue weighted by molar-refractivity contribution is 0.239. The van der Waals surface area contributed by atoms with Gasteiger partial charge in [-0.05, 0) is 37.0 Å². The Kier molecular flexibility index (Phi) is 4.25. The van der Waals surface area contributed by atoms with E-state index < -0.39 is 10.0 Å². The number of hydrogen-bond donors (Lipinski definition) is 2. The molecule has 1 aliphatic rings. The lowest BCUT2D eigenvalue weighted by Gasteiger charge is -2.33. The van der Waals surface area contributed by atoms with E-state index in [2.05, 4.69) is 6.92 Å². The molecule has 1 fully saturated rings. The number of nitrogen functional groups attached to an aromatic ring is 1. The van der Waals surface area contributed by atoms with Gasteiger partial charge in [0.05, 0.1) is 10.6 Å². The van der Waals surface area contributed by atoms with Crippen LogP contribution < -0.4 is 5.73 Å². The molecule has 0 heterocycles. The fourth-order valence-corrected chi connectivity index (χ4v) is 4.22. The number of phenolic OH excluding ortho intramolecular Hbond substituents is 1. The zero-order chi connectivity index (χ0) is 14.9. The summed E-state index contributed by atoms with van der Waals surface area (Å²) in [4.78, 5) is 0.133. The van der Waals surface area contributed by atoms with Crippen LogP contribution in [-0.4, -0.2) is 30.9 Å². The van der Waals surface area contributed by atoms with Crippen LogP contribution in [0, 0.1) is 5.92 Å². The predicted octanol–water partition coefficient (Wildman–Crippen LogP) is 2.17. The number of rotatable bonds is 3. The Bertz CT molecular complexity index is 586. The van der Waals surface area contributed by atoms with Gasteiger partial charge in [-0.2, -0.15) is 4.31 Å². The van der Waals surface area contributed by atoms with Crippen LogP contribution in [0.1, 0.15) is 32.6 Å². The van der Waals surface area contributed by atoms with E-state index >= 15 is 0 Å². The van der Waals surface area contributed by atoms with E-state index in [1.54, 1.807) is 7.05 Å². The first-order chi connectivity index (χ1) is 9.32. The summed E-state index contributed by atoms with van der Waals surface area (Å²) in [7, 11) is -1.93. The lowest BCUT2D eigenvalue weighted by Crippen LogP contribution is -2.39. The van der Waals surface area contributed by atoms with E-state index in [1.807, 2.05) is 0 Å². The highest BCUT2D eigenvalue weighted by molar-refractivity contribution is 7.89. The third-order valence-corrected chi connectivity index (χ3v) is 6.00. The minimum absolute atomic E-state index is 0.0405. The first kappa shape index (κ1) is 15.1. The summed E-state index contributed by atoms with van der Waals surface area (Å²) in [5.41, 5.74) is 5.67. The zero-order valence-corrected chi connectivity index (χ0v) is 12.7. The molecule has 1 aromatic carbocycles. The first-order valence-corrected chi connectivity index (χ1v) is 8.33. The average Bonchev–Trinajstić information content (AvgIpc) is 2.40. The largest absolute Gasteiger partial charge is 0.506 e. The van der Waals surface area contributed by atoms with E-state index in [9.17, 15) is 13.5 Å². The second-order valence-corrected chi connectivity index (χ2v) is 7.66. The quantitative estimate of drug-likeness (QED) is 0.661. The molecule has 2 atom stereocenters. The molecule has 0 saturated heterocycles. The van der Waals surface area contributed by atoms with Crippen molar-refractivity contribution in [1.82, 2.24) is 4.31 Å². The van der Waals surface area contributed by atoms with Crippen LogP contribution >= 0.6 is 0 Å². The Morgan fingerprint density at radius 1 is 1.35 bits per heavy atom. The van der Waals surface area contributed by atoms with Gasteiger partial charge in [0.2, 0.25) is 10.0 Å². The van der Waals surface area contributed by atoms with Crippen molar-refractivity contribution in [3.05, 3.63) is 18.2 Å². The lowest BCUT2D eigenvalue weighted by atomic mass is 9.87. The zero-order valence-electron chi connectivity index (χ0n) is 11.9. The average molecular weight is 298 g/mol. The molecule has 0 aromatic heterocycles. The molecule has 112 valence electrons. The van der Waals surface area contributed by atoms with Crippen molar-refractivity contribution in [2.75, 3.05) is 12.8 Å². The first-order valence-electron chi connectivity index (χ1n) is 6.89. The number of aromatic hydroxyl groups is 1. The van der Waals surface area contributed by atoms with Gasteiger partial charge < -0.3 is 10.8 Å². The van der Waals surface area contributed by atoms with Gasteiger partial charge in [0, 0.05) is 13.1 Å². The molecule has 1 aliphatic carbocycles. The molecular weight excluding hydrogens is 276 g/mol. The Morgan fingerprint density at radius 3 is 2.65 bits per heavy atom. The summed E-state index contributed by atoms with van der Waals surface area (Å²) >= 11 is 0. The normalized spacial score (nSPS) is 23.9.